The summed E-state index contributed by atoms with van der Waals surface area (Å²) in [6.45, 7) is 5.36. The summed E-state index contributed by atoms with van der Waals surface area (Å²) in [5.41, 5.74) is 2.06. The van der Waals surface area contributed by atoms with Crippen molar-refractivity contribution in [2.75, 3.05) is 5.32 Å². The summed E-state index contributed by atoms with van der Waals surface area (Å²) in [5, 5.41) is 14.1. The normalized spacial score (nSPS) is 11.5. The standard InChI is InChI=1S/C18H17BrN2O4S/c1-18(2,3)25-17(24)20-10-6-4-5-9(7-10)12-14(16(22)23)21-13-11(19)8-26-15(12)13/h4-8,21H,1-3H3,(H,20,24)(H,22,23). The molecule has 26 heavy (non-hydrogen) atoms. The van der Waals surface area contributed by atoms with E-state index in [1.165, 1.54) is 11.3 Å². The first-order valence-electron chi connectivity index (χ1n) is 7.78. The maximum atomic E-state index is 12.0. The lowest BCUT2D eigenvalue weighted by molar-refractivity contribution is 0.0634. The average Bonchev–Trinajstić information content (AvgIpc) is 3.05. The van der Waals surface area contributed by atoms with Gasteiger partial charge in [0.05, 0.1) is 14.7 Å². The van der Waals surface area contributed by atoms with E-state index in [4.69, 9.17) is 4.74 Å². The predicted molar refractivity (Wildman–Crippen MR) is 106 cm³/mol. The third-order valence-corrected chi connectivity index (χ3v) is 5.41. The van der Waals surface area contributed by atoms with Crippen LogP contribution in [0.5, 0.6) is 0 Å². The Labute approximate surface area is 162 Å². The molecule has 0 aliphatic rings. The number of carboxylic acid groups (broad SMARTS) is 1. The largest absolute Gasteiger partial charge is 0.477 e. The second-order valence-corrected chi connectivity index (χ2v) is 8.41. The number of carboxylic acids is 1. The summed E-state index contributed by atoms with van der Waals surface area (Å²) in [4.78, 5) is 26.6. The maximum Gasteiger partial charge on any atom is 0.412 e. The van der Waals surface area contributed by atoms with Gasteiger partial charge in [-0.3, -0.25) is 5.32 Å². The van der Waals surface area contributed by atoms with E-state index in [1.54, 1.807) is 39.0 Å². The molecule has 2 aromatic heterocycles. The van der Waals surface area contributed by atoms with Gasteiger partial charge in [0.15, 0.2) is 0 Å². The number of aromatic nitrogens is 1. The zero-order valence-corrected chi connectivity index (χ0v) is 16.7. The molecule has 0 atom stereocenters. The quantitative estimate of drug-likeness (QED) is 0.490. The number of hydrogen-bond acceptors (Lipinski definition) is 4. The summed E-state index contributed by atoms with van der Waals surface area (Å²) in [7, 11) is 0. The lowest BCUT2D eigenvalue weighted by atomic mass is 10.1. The Hall–Kier alpha value is -2.32. The molecule has 136 valence electrons. The van der Waals surface area contributed by atoms with Gasteiger partial charge in [0, 0.05) is 16.6 Å². The van der Waals surface area contributed by atoms with Crippen LogP contribution in [-0.4, -0.2) is 27.8 Å². The van der Waals surface area contributed by atoms with E-state index >= 15 is 0 Å². The SMILES string of the molecule is CC(C)(C)OC(=O)Nc1cccc(-c2c(C(=O)O)[nH]c3c(Br)csc23)c1. The number of rotatable bonds is 3. The van der Waals surface area contributed by atoms with Gasteiger partial charge >= 0.3 is 12.1 Å². The fourth-order valence-electron chi connectivity index (χ4n) is 2.55. The minimum Gasteiger partial charge on any atom is -0.477 e. The Balaban J connectivity index is 2.01. The highest BCUT2D eigenvalue weighted by Crippen LogP contribution is 2.40. The van der Waals surface area contributed by atoms with Crippen molar-refractivity contribution in [3.63, 3.8) is 0 Å². The number of anilines is 1. The lowest BCUT2D eigenvalue weighted by Crippen LogP contribution is -2.27. The molecule has 3 N–H and O–H groups in total. The average molecular weight is 437 g/mol. The third kappa shape index (κ3) is 3.76. The van der Waals surface area contributed by atoms with Crippen molar-refractivity contribution < 1.29 is 19.4 Å². The fourth-order valence-corrected chi connectivity index (χ4v) is 4.21. The van der Waals surface area contributed by atoms with Crippen molar-refractivity contribution >= 4 is 55.2 Å². The maximum absolute atomic E-state index is 12.0. The molecule has 6 nitrogen and oxygen atoms in total. The molecule has 0 saturated heterocycles. The fraction of sp³-hybridized carbons (Fsp3) is 0.222. The molecule has 0 fully saturated rings. The Morgan fingerprint density at radius 1 is 1.31 bits per heavy atom. The van der Waals surface area contributed by atoms with Crippen LogP contribution < -0.4 is 5.32 Å². The topological polar surface area (TPSA) is 91.4 Å². The molecule has 1 aromatic carbocycles. The molecule has 3 aromatic rings. The number of aromatic amines is 1. The van der Waals surface area contributed by atoms with Crippen LogP contribution in [0.15, 0.2) is 34.1 Å². The number of benzene rings is 1. The second-order valence-electron chi connectivity index (χ2n) is 6.68. The minimum absolute atomic E-state index is 0.113. The van der Waals surface area contributed by atoms with Gasteiger partial charge in [0.1, 0.15) is 11.3 Å². The Bertz CT molecular complexity index is 1000. The number of halogens is 1. The van der Waals surface area contributed by atoms with Crippen molar-refractivity contribution in [1.29, 1.82) is 0 Å². The molecule has 0 aliphatic carbocycles. The van der Waals surface area contributed by atoms with Gasteiger partial charge in [-0.05, 0) is 54.4 Å². The molecule has 0 unspecified atom stereocenters. The van der Waals surface area contributed by atoms with E-state index in [0.717, 1.165) is 14.7 Å². The predicted octanol–water partition coefficient (Wildman–Crippen LogP) is 5.70. The number of hydrogen-bond donors (Lipinski definition) is 3. The minimum atomic E-state index is -1.04. The highest BCUT2D eigenvalue weighted by Gasteiger charge is 2.22. The van der Waals surface area contributed by atoms with E-state index in [2.05, 4.69) is 26.2 Å². The van der Waals surface area contributed by atoms with Gasteiger partial charge in [-0.15, -0.1) is 11.3 Å². The molecular weight excluding hydrogens is 420 g/mol. The number of ether oxygens (including phenoxy) is 1. The van der Waals surface area contributed by atoms with E-state index in [0.29, 0.717) is 16.8 Å². The van der Waals surface area contributed by atoms with Gasteiger partial charge in [-0.1, -0.05) is 12.1 Å². The highest BCUT2D eigenvalue weighted by atomic mass is 79.9. The Kier molecular flexibility index (Phi) is 4.81. The van der Waals surface area contributed by atoms with Crippen LogP contribution in [0, 0.1) is 0 Å². The van der Waals surface area contributed by atoms with Gasteiger partial charge in [-0.2, -0.15) is 0 Å². The molecule has 0 bridgehead atoms. The van der Waals surface area contributed by atoms with Crippen molar-refractivity contribution in [3.8, 4) is 11.1 Å². The van der Waals surface area contributed by atoms with E-state index in [1.807, 2.05) is 11.4 Å². The number of H-pyrrole nitrogens is 1. The highest BCUT2D eigenvalue weighted by molar-refractivity contribution is 9.10. The van der Waals surface area contributed by atoms with E-state index < -0.39 is 17.7 Å². The molecule has 0 spiro atoms. The van der Waals surface area contributed by atoms with Crippen LogP contribution in [0.3, 0.4) is 0 Å². The first kappa shape index (κ1) is 18.5. The summed E-state index contributed by atoms with van der Waals surface area (Å²) in [6, 6.07) is 7.02. The van der Waals surface area contributed by atoms with E-state index in [-0.39, 0.29) is 5.69 Å². The molecule has 1 amide bonds. The molecule has 8 heteroatoms. The van der Waals surface area contributed by atoms with Gasteiger partial charge in [0.2, 0.25) is 0 Å². The molecule has 0 radical (unpaired) electrons. The van der Waals surface area contributed by atoms with Crippen molar-refractivity contribution in [3.05, 3.63) is 39.8 Å². The monoisotopic (exact) mass is 436 g/mol. The Morgan fingerprint density at radius 3 is 2.69 bits per heavy atom. The first-order chi connectivity index (χ1) is 12.2. The van der Waals surface area contributed by atoms with Crippen molar-refractivity contribution in [2.45, 2.75) is 26.4 Å². The number of aromatic carboxylic acids is 1. The molecule has 0 aliphatic heterocycles. The molecular formula is C18H17BrN2O4S. The van der Waals surface area contributed by atoms with E-state index in [9.17, 15) is 14.7 Å². The number of thiophene rings is 1. The van der Waals surface area contributed by atoms with Crippen molar-refractivity contribution in [2.24, 2.45) is 0 Å². The summed E-state index contributed by atoms with van der Waals surface area (Å²) >= 11 is 4.87. The molecule has 3 rings (SSSR count). The first-order valence-corrected chi connectivity index (χ1v) is 9.45. The van der Waals surface area contributed by atoms with Crippen LogP contribution >= 0.6 is 27.3 Å². The van der Waals surface area contributed by atoms with Crippen LogP contribution in [0.1, 0.15) is 31.3 Å². The third-order valence-electron chi connectivity index (χ3n) is 3.48. The zero-order chi connectivity index (χ0) is 19.1. The summed E-state index contributed by atoms with van der Waals surface area (Å²) in [5.74, 6) is -1.04. The lowest BCUT2D eigenvalue weighted by Gasteiger charge is -2.19. The van der Waals surface area contributed by atoms with Crippen LogP contribution in [0.4, 0.5) is 10.5 Å². The number of carbonyl (C=O) groups excluding carboxylic acids is 1. The number of carbonyl (C=O) groups is 2. The van der Waals surface area contributed by atoms with Gasteiger partial charge in [0.25, 0.3) is 0 Å². The molecule has 2 heterocycles. The van der Waals surface area contributed by atoms with Crippen molar-refractivity contribution in [1.82, 2.24) is 4.98 Å². The zero-order valence-electron chi connectivity index (χ0n) is 14.3. The van der Waals surface area contributed by atoms with Gasteiger partial charge < -0.3 is 14.8 Å². The van der Waals surface area contributed by atoms with Crippen LogP contribution in [-0.2, 0) is 4.74 Å². The molecule has 0 saturated carbocycles. The number of amides is 1. The van der Waals surface area contributed by atoms with Crippen LogP contribution in [0.25, 0.3) is 21.3 Å². The smallest absolute Gasteiger partial charge is 0.412 e. The number of fused-ring (bicyclic) bond motifs is 1. The summed E-state index contributed by atoms with van der Waals surface area (Å²) < 4.78 is 6.90. The summed E-state index contributed by atoms with van der Waals surface area (Å²) in [6.07, 6.45) is -0.564. The number of nitrogens with one attached hydrogen (secondary N) is 2. The van der Waals surface area contributed by atoms with Gasteiger partial charge in [-0.25, -0.2) is 9.59 Å². The Morgan fingerprint density at radius 2 is 2.04 bits per heavy atom. The second kappa shape index (κ2) is 6.77. The van der Waals surface area contributed by atoms with Crippen LogP contribution in [0.2, 0.25) is 0 Å².